The second kappa shape index (κ2) is 7.36. The van der Waals surface area contributed by atoms with Gasteiger partial charge in [0.25, 0.3) is 0 Å². The van der Waals surface area contributed by atoms with E-state index >= 15 is 0 Å². The van der Waals surface area contributed by atoms with E-state index in [2.05, 4.69) is 48.5 Å². The fourth-order valence-corrected chi connectivity index (χ4v) is 11.1. The molecule has 0 aromatic carbocycles. The van der Waals surface area contributed by atoms with Gasteiger partial charge in [-0.05, 0) is 96.7 Å². The molecule has 4 saturated carbocycles. The van der Waals surface area contributed by atoms with E-state index in [0.29, 0.717) is 22.2 Å². The van der Waals surface area contributed by atoms with E-state index in [1.807, 2.05) is 0 Å². The highest BCUT2D eigenvalue weighted by molar-refractivity contribution is 5.93. The highest BCUT2D eigenvalue weighted by Gasteiger charge is 2.72. The zero-order chi connectivity index (χ0) is 24.9. The van der Waals surface area contributed by atoms with Gasteiger partial charge in [0.2, 0.25) is 0 Å². The molecule has 0 aromatic heterocycles. The van der Waals surface area contributed by atoms with Crippen molar-refractivity contribution in [1.29, 1.82) is 0 Å². The molecule has 5 aliphatic rings. The van der Waals surface area contributed by atoms with Gasteiger partial charge in [0, 0.05) is 23.3 Å². The molecule has 3 nitrogen and oxygen atoms in total. The predicted octanol–water partition coefficient (Wildman–Crippen LogP) is 7.18. The third-order valence-corrected chi connectivity index (χ3v) is 13.5. The Morgan fingerprint density at radius 2 is 1.53 bits per heavy atom. The lowest BCUT2D eigenvalue weighted by Gasteiger charge is -2.74. The topological polar surface area (TPSA) is 46.5 Å². The first-order valence-corrected chi connectivity index (χ1v) is 14.1. The molecule has 0 unspecified atom stereocenters. The molecule has 0 spiro atoms. The SMILES string of the molecule is COC1=CC(=O)[C@H](C)[C@@]2(CO)CC[C@H]3[C@@](C)(CC[C@@]4(C)[C@@H]5CC(C)(C)CC[C@]5(C)CC[C@]34C)[C@H]12. The minimum absolute atomic E-state index is 0.0456. The number of ether oxygens (including phenoxy) is 1. The number of aliphatic hydroxyl groups is 1. The molecule has 192 valence electrons. The number of hydrogen-bond donors (Lipinski definition) is 1. The number of fused-ring (bicyclic) bond motifs is 7. The summed E-state index contributed by atoms with van der Waals surface area (Å²) < 4.78 is 5.97. The molecule has 34 heavy (non-hydrogen) atoms. The van der Waals surface area contributed by atoms with E-state index in [4.69, 9.17) is 4.74 Å². The van der Waals surface area contributed by atoms with E-state index in [9.17, 15) is 9.90 Å². The van der Waals surface area contributed by atoms with Crippen LogP contribution in [-0.2, 0) is 9.53 Å². The summed E-state index contributed by atoms with van der Waals surface area (Å²) in [6.45, 7) is 17.6. The van der Waals surface area contributed by atoms with Crippen molar-refractivity contribution in [3.8, 4) is 0 Å². The average Bonchev–Trinajstić information content (AvgIpc) is 2.79. The van der Waals surface area contributed by atoms with Crippen molar-refractivity contribution in [2.24, 2.45) is 56.2 Å². The van der Waals surface area contributed by atoms with Crippen LogP contribution in [0.15, 0.2) is 11.8 Å². The third kappa shape index (κ3) is 2.88. The van der Waals surface area contributed by atoms with Gasteiger partial charge >= 0.3 is 0 Å². The van der Waals surface area contributed by atoms with Crippen LogP contribution in [0.4, 0.5) is 0 Å². The molecule has 0 bridgehead atoms. The zero-order valence-corrected chi connectivity index (χ0v) is 23.2. The molecule has 0 aliphatic heterocycles. The largest absolute Gasteiger partial charge is 0.501 e. The molecule has 9 atom stereocenters. The molecular weight excluding hydrogens is 420 g/mol. The first-order valence-electron chi connectivity index (χ1n) is 14.1. The number of allylic oxidation sites excluding steroid dienone is 2. The van der Waals surface area contributed by atoms with Gasteiger partial charge < -0.3 is 9.84 Å². The third-order valence-electron chi connectivity index (χ3n) is 13.5. The van der Waals surface area contributed by atoms with E-state index in [-0.39, 0.29) is 40.5 Å². The second-order valence-corrected chi connectivity index (χ2v) is 15.2. The van der Waals surface area contributed by atoms with Gasteiger partial charge in [0.05, 0.1) is 13.7 Å². The molecule has 0 heterocycles. The smallest absolute Gasteiger partial charge is 0.162 e. The van der Waals surface area contributed by atoms with E-state index in [1.165, 1.54) is 44.9 Å². The summed E-state index contributed by atoms with van der Waals surface area (Å²) in [5.41, 5.74) is 1.20. The number of carbonyl (C=O) groups excluding carboxylic acids is 1. The maximum atomic E-state index is 13.0. The highest BCUT2D eigenvalue weighted by Crippen LogP contribution is 2.78. The molecule has 5 rings (SSSR count). The fourth-order valence-electron chi connectivity index (χ4n) is 11.1. The lowest BCUT2D eigenvalue weighted by Crippen LogP contribution is -2.68. The zero-order valence-electron chi connectivity index (χ0n) is 23.2. The van der Waals surface area contributed by atoms with Crippen molar-refractivity contribution in [3.05, 3.63) is 11.8 Å². The minimum atomic E-state index is -0.386. The Balaban J connectivity index is 1.61. The number of hydrogen-bond acceptors (Lipinski definition) is 3. The lowest BCUT2D eigenvalue weighted by atomic mass is 9.30. The van der Waals surface area contributed by atoms with Gasteiger partial charge in [-0.25, -0.2) is 0 Å². The second-order valence-electron chi connectivity index (χ2n) is 15.2. The predicted molar refractivity (Wildman–Crippen MR) is 137 cm³/mol. The van der Waals surface area contributed by atoms with Gasteiger partial charge in [-0.15, -0.1) is 0 Å². The van der Waals surface area contributed by atoms with Gasteiger partial charge in [-0.1, -0.05) is 48.5 Å². The van der Waals surface area contributed by atoms with Crippen LogP contribution >= 0.6 is 0 Å². The van der Waals surface area contributed by atoms with E-state index in [1.54, 1.807) is 13.2 Å². The number of ketones is 1. The first-order chi connectivity index (χ1) is 15.7. The normalized spacial score (nSPS) is 54.1. The Morgan fingerprint density at radius 1 is 0.912 bits per heavy atom. The van der Waals surface area contributed by atoms with Crippen LogP contribution in [0.2, 0.25) is 0 Å². The van der Waals surface area contributed by atoms with Crippen LogP contribution in [0, 0.1) is 56.2 Å². The van der Waals surface area contributed by atoms with Gasteiger partial charge in [-0.3, -0.25) is 4.79 Å². The van der Waals surface area contributed by atoms with Crippen molar-refractivity contribution in [1.82, 2.24) is 0 Å². The van der Waals surface area contributed by atoms with Crippen molar-refractivity contribution in [2.45, 2.75) is 106 Å². The average molecular weight is 471 g/mol. The van der Waals surface area contributed by atoms with Crippen LogP contribution in [-0.4, -0.2) is 24.6 Å². The van der Waals surface area contributed by atoms with E-state index in [0.717, 1.165) is 24.5 Å². The van der Waals surface area contributed by atoms with Crippen molar-refractivity contribution >= 4 is 5.78 Å². The van der Waals surface area contributed by atoms with Crippen molar-refractivity contribution < 1.29 is 14.6 Å². The fraction of sp³-hybridized carbons (Fsp3) is 0.903. The van der Waals surface area contributed by atoms with Crippen LogP contribution in [0.1, 0.15) is 106 Å². The highest BCUT2D eigenvalue weighted by atomic mass is 16.5. The molecular formula is C31H50O3. The Kier molecular flexibility index (Phi) is 5.38. The first kappa shape index (κ1) is 24.8. The van der Waals surface area contributed by atoms with Crippen LogP contribution in [0.3, 0.4) is 0 Å². The van der Waals surface area contributed by atoms with Crippen molar-refractivity contribution in [3.63, 3.8) is 0 Å². The summed E-state index contributed by atoms with van der Waals surface area (Å²) in [4.78, 5) is 13.0. The van der Waals surface area contributed by atoms with Gasteiger partial charge in [0.1, 0.15) is 5.76 Å². The summed E-state index contributed by atoms with van der Waals surface area (Å²) in [6.07, 6.45) is 13.0. The molecule has 0 radical (unpaired) electrons. The summed E-state index contributed by atoms with van der Waals surface area (Å²) in [6, 6.07) is 0. The molecule has 0 saturated heterocycles. The maximum absolute atomic E-state index is 13.0. The minimum Gasteiger partial charge on any atom is -0.501 e. The monoisotopic (exact) mass is 470 g/mol. The Bertz CT molecular complexity index is 904. The van der Waals surface area contributed by atoms with Crippen LogP contribution in [0.25, 0.3) is 0 Å². The van der Waals surface area contributed by atoms with Gasteiger partial charge in [0.15, 0.2) is 5.78 Å². The molecule has 4 fully saturated rings. The number of carbonyl (C=O) groups is 1. The summed E-state index contributed by atoms with van der Waals surface area (Å²) in [7, 11) is 1.73. The molecule has 3 heteroatoms. The molecule has 5 aliphatic carbocycles. The number of rotatable bonds is 2. The van der Waals surface area contributed by atoms with Crippen LogP contribution < -0.4 is 0 Å². The van der Waals surface area contributed by atoms with Crippen LogP contribution in [0.5, 0.6) is 0 Å². The lowest BCUT2D eigenvalue weighted by molar-refractivity contribution is -0.257. The van der Waals surface area contributed by atoms with E-state index < -0.39 is 0 Å². The number of aliphatic hydroxyl groups excluding tert-OH is 1. The molecule has 1 N–H and O–H groups in total. The standard InChI is InChI=1S/C31H50O3/c1-20-21(33)17-22(34-8)25-28(5)14-16-30(7)24-18-26(2,3)11-12-27(24,4)13-15-29(30,6)23(28)9-10-31(20,25)19-32/h17,20,23-25,32H,9-16,18-19H2,1-8H3/t20-,23-,24+,25-,27+,28+,29+,30-,31-/m0/s1. The van der Waals surface area contributed by atoms with Gasteiger partial charge in [-0.2, -0.15) is 0 Å². The Labute approximate surface area is 208 Å². The Hall–Kier alpha value is -0.830. The maximum Gasteiger partial charge on any atom is 0.162 e. The van der Waals surface area contributed by atoms with Crippen molar-refractivity contribution in [2.75, 3.05) is 13.7 Å². The summed E-state index contributed by atoms with van der Waals surface area (Å²) >= 11 is 0. The number of methoxy groups -OCH3 is 1. The summed E-state index contributed by atoms with van der Waals surface area (Å²) in [5, 5.41) is 10.8. The summed E-state index contributed by atoms with van der Waals surface area (Å²) in [5.74, 6) is 2.33. The molecule has 0 amide bonds. The Morgan fingerprint density at radius 3 is 2.18 bits per heavy atom. The quantitative estimate of drug-likeness (QED) is 0.465. The molecule has 0 aromatic rings.